The van der Waals surface area contributed by atoms with Crippen LogP contribution in [0.15, 0.2) is 42.5 Å². The molecule has 2 N–H and O–H groups in total. The van der Waals surface area contributed by atoms with E-state index in [0.717, 1.165) is 47.9 Å². The van der Waals surface area contributed by atoms with E-state index in [1.54, 1.807) is 0 Å². The third kappa shape index (κ3) is 4.71. The molecule has 3 rings (SSSR count). The summed E-state index contributed by atoms with van der Waals surface area (Å²) < 4.78 is 0. The van der Waals surface area contributed by atoms with E-state index in [2.05, 4.69) is 22.5 Å². The first-order valence-electron chi connectivity index (χ1n) is 10.0. The molecule has 2 amide bonds. The number of amides is 2. The fourth-order valence-corrected chi connectivity index (χ4v) is 3.58. The molecular weight excluding hydrogens is 350 g/mol. The minimum absolute atomic E-state index is 0.620. The number of hydrogen-bond acceptors (Lipinski definition) is 3. The zero-order valence-electron chi connectivity index (χ0n) is 16.9. The fraction of sp³-hybridized carbons (Fsp3) is 0.391. The van der Waals surface area contributed by atoms with E-state index in [4.69, 9.17) is 0 Å². The van der Waals surface area contributed by atoms with Gasteiger partial charge in [-0.15, -0.1) is 0 Å². The molecule has 0 unspecified atom stereocenters. The largest absolute Gasteiger partial charge is 0.372 e. The number of carbonyl (C=O) groups excluding carboxylic acids is 2. The third-order valence-electron chi connectivity index (χ3n) is 5.46. The van der Waals surface area contributed by atoms with Gasteiger partial charge in [0.2, 0.25) is 0 Å². The molecule has 2 aromatic carbocycles. The average Bonchev–Trinajstić information content (AvgIpc) is 2.70. The van der Waals surface area contributed by atoms with E-state index in [1.165, 1.54) is 12.8 Å². The molecule has 5 nitrogen and oxygen atoms in total. The molecule has 0 bridgehead atoms. The van der Waals surface area contributed by atoms with E-state index in [1.807, 2.05) is 56.3 Å². The summed E-state index contributed by atoms with van der Waals surface area (Å²) >= 11 is 0. The first kappa shape index (κ1) is 19.9. The summed E-state index contributed by atoms with van der Waals surface area (Å²) in [6.45, 7) is 8.36. The first-order valence-corrected chi connectivity index (χ1v) is 10.0. The molecule has 0 spiro atoms. The minimum atomic E-state index is -0.662. The lowest BCUT2D eigenvalue weighted by atomic mass is 9.99. The summed E-state index contributed by atoms with van der Waals surface area (Å²) in [4.78, 5) is 27.0. The predicted molar refractivity (Wildman–Crippen MR) is 115 cm³/mol. The minimum Gasteiger partial charge on any atom is -0.372 e. The fourth-order valence-electron chi connectivity index (χ4n) is 3.58. The molecule has 0 saturated carbocycles. The SMILES string of the molecule is CCc1cccc(C)c1NC(=O)C(=O)Nc1ccc(N2CCC(C)CC2)cc1. The molecule has 1 heterocycles. The maximum Gasteiger partial charge on any atom is 0.314 e. The molecule has 28 heavy (non-hydrogen) atoms. The number of anilines is 3. The molecule has 0 radical (unpaired) electrons. The van der Waals surface area contributed by atoms with Crippen LogP contribution in [-0.2, 0) is 16.0 Å². The van der Waals surface area contributed by atoms with E-state index in [0.29, 0.717) is 5.69 Å². The Morgan fingerprint density at radius 3 is 2.29 bits per heavy atom. The van der Waals surface area contributed by atoms with Crippen LogP contribution in [0.4, 0.5) is 17.1 Å². The lowest BCUT2D eigenvalue weighted by Crippen LogP contribution is -2.32. The second-order valence-corrected chi connectivity index (χ2v) is 7.59. The molecule has 2 aromatic rings. The Bertz CT molecular complexity index is 837. The molecule has 0 aliphatic carbocycles. The molecule has 5 heteroatoms. The second-order valence-electron chi connectivity index (χ2n) is 7.59. The molecule has 1 saturated heterocycles. The Balaban J connectivity index is 1.61. The summed E-state index contributed by atoms with van der Waals surface area (Å²) in [6.07, 6.45) is 3.20. The highest BCUT2D eigenvalue weighted by Gasteiger charge is 2.18. The molecule has 0 aromatic heterocycles. The monoisotopic (exact) mass is 379 g/mol. The van der Waals surface area contributed by atoms with Crippen molar-refractivity contribution in [3.63, 3.8) is 0 Å². The molecule has 1 fully saturated rings. The lowest BCUT2D eigenvalue weighted by molar-refractivity contribution is -0.133. The Morgan fingerprint density at radius 1 is 1.00 bits per heavy atom. The van der Waals surface area contributed by atoms with Crippen LogP contribution in [0.2, 0.25) is 0 Å². The van der Waals surface area contributed by atoms with Crippen molar-refractivity contribution >= 4 is 28.9 Å². The van der Waals surface area contributed by atoms with E-state index in [-0.39, 0.29) is 0 Å². The van der Waals surface area contributed by atoms with Gasteiger partial charge in [0.05, 0.1) is 0 Å². The van der Waals surface area contributed by atoms with Gasteiger partial charge in [-0.05, 0) is 67.5 Å². The van der Waals surface area contributed by atoms with Gasteiger partial charge in [-0.2, -0.15) is 0 Å². The van der Waals surface area contributed by atoms with E-state index >= 15 is 0 Å². The number of benzene rings is 2. The number of piperidine rings is 1. The quantitative estimate of drug-likeness (QED) is 0.776. The van der Waals surface area contributed by atoms with Gasteiger partial charge in [0, 0.05) is 30.2 Å². The summed E-state index contributed by atoms with van der Waals surface area (Å²) in [7, 11) is 0. The Kier molecular flexibility index (Phi) is 6.34. The highest BCUT2D eigenvalue weighted by atomic mass is 16.2. The number of nitrogens with one attached hydrogen (secondary N) is 2. The molecule has 0 atom stereocenters. The number of para-hydroxylation sites is 1. The molecule has 1 aliphatic rings. The van der Waals surface area contributed by atoms with Gasteiger partial charge >= 0.3 is 11.8 Å². The van der Waals surface area contributed by atoms with Crippen molar-refractivity contribution in [1.29, 1.82) is 0 Å². The smallest absolute Gasteiger partial charge is 0.314 e. The van der Waals surface area contributed by atoms with Crippen molar-refractivity contribution in [2.75, 3.05) is 28.6 Å². The second kappa shape index (κ2) is 8.91. The molecular formula is C23H29N3O2. The van der Waals surface area contributed by atoms with Crippen molar-refractivity contribution < 1.29 is 9.59 Å². The average molecular weight is 380 g/mol. The van der Waals surface area contributed by atoms with Gasteiger partial charge in [-0.25, -0.2) is 0 Å². The zero-order valence-corrected chi connectivity index (χ0v) is 16.9. The van der Waals surface area contributed by atoms with Crippen LogP contribution in [0.3, 0.4) is 0 Å². The Hall–Kier alpha value is -2.82. The lowest BCUT2D eigenvalue weighted by Gasteiger charge is -2.32. The van der Waals surface area contributed by atoms with Crippen molar-refractivity contribution in [2.45, 2.75) is 40.0 Å². The number of nitrogens with zero attached hydrogens (tertiary/aromatic N) is 1. The Morgan fingerprint density at radius 2 is 1.64 bits per heavy atom. The van der Waals surface area contributed by atoms with Gasteiger partial charge in [0.1, 0.15) is 0 Å². The van der Waals surface area contributed by atoms with E-state index < -0.39 is 11.8 Å². The van der Waals surface area contributed by atoms with Gasteiger partial charge in [0.15, 0.2) is 0 Å². The Labute approximate surface area is 167 Å². The zero-order chi connectivity index (χ0) is 20.1. The van der Waals surface area contributed by atoms with Crippen LogP contribution in [0.25, 0.3) is 0 Å². The van der Waals surface area contributed by atoms with Crippen LogP contribution in [0.5, 0.6) is 0 Å². The van der Waals surface area contributed by atoms with Crippen molar-refractivity contribution in [2.24, 2.45) is 5.92 Å². The van der Waals surface area contributed by atoms with Crippen LogP contribution in [0.1, 0.15) is 37.8 Å². The normalized spacial score (nSPS) is 14.6. The highest BCUT2D eigenvalue weighted by molar-refractivity contribution is 6.43. The van der Waals surface area contributed by atoms with Crippen LogP contribution in [-0.4, -0.2) is 24.9 Å². The van der Waals surface area contributed by atoms with E-state index in [9.17, 15) is 9.59 Å². The summed E-state index contributed by atoms with van der Waals surface area (Å²) in [6, 6.07) is 13.5. The van der Waals surface area contributed by atoms with Crippen molar-refractivity contribution in [3.8, 4) is 0 Å². The number of rotatable bonds is 4. The number of hydrogen-bond donors (Lipinski definition) is 2. The summed E-state index contributed by atoms with van der Waals surface area (Å²) in [5.74, 6) is -0.530. The topological polar surface area (TPSA) is 61.4 Å². The molecule has 148 valence electrons. The summed E-state index contributed by atoms with van der Waals surface area (Å²) in [5.41, 5.74) is 4.46. The van der Waals surface area contributed by atoms with Crippen molar-refractivity contribution in [3.05, 3.63) is 53.6 Å². The number of carbonyl (C=O) groups is 2. The first-order chi connectivity index (χ1) is 13.5. The van der Waals surface area contributed by atoms with Crippen LogP contribution < -0.4 is 15.5 Å². The third-order valence-corrected chi connectivity index (χ3v) is 5.46. The maximum atomic E-state index is 12.4. The van der Waals surface area contributed by atoms with Gasteiger partial charge < -0.3 is 15.5 Å². The van der Waals surface area contributed by atoms with Crippen LogP contribution in [0, 0.1) is 12.8 Å². The van der Waals surface area contributed by atoms with Crippen molar-refractivity contribution in [1.82, 2.24) is 0 Å². The van der Waals surface area contributed by atoms with Gasteiger partial charge in [-0.1, -0.05) is 32.0 Å². The standard InChI is InChI=1S/C23H29N3O2/c1-4-18-7-5-6-17(3)21(18)25-23(28)22(27)24-19-8-10-20(11-9-19)26-14-12-16(2)13-15-26/h5-11,16H,4,12-15H2,1-3H3,(H,24,27)(H,25,28). The summed E-state index contributed by atoms with van der Waals surface area (Å²) in [5, 5.41) is 5.44. The maximum absolute atomic E-state index is 12.4. The van der Waals surface area contributed by atoms with Gasteiger partial charge in [0.25, 0.3) is 0 Å². The predicted octanol–water partition coefficient (Wildman–Crippen LogP) is 4.37. The highest BCUT2D eigenvalue weighted by Crippen LogP contribution is 2.24. The molecule has 1 aliphatic heterocycles. The van der Waals surface area contributed by atoms with Crippen LogP contribution >= 0.6 is 0 Å². The number of aryl methyl sites for hydroxylation is 2. The van der Waals surface area contributed by atoms with Gasteiger partial charge in [-0.3, -0.25) is 9.59 Å².